The molecule has 0 bridgehead atoms. The van der Waals surface area contributed by atoms with Gasteiger partial charge < -0.3 is 0 Å². The predicted octanol–water partition coefficient (Wildman–Crippen LogP) is 3.59. The Morgan fingerprint density at radius 1 is 1.26 bits per heavy atom. The van der Waals surface area contributed by atoms with Crippen LogP contribution < -0.4 is 0 Å². The van der Waals surface area contributed by atoms with Crippen molar-refractivity contribution >= 4 is 38.3 Å². The number of nitrogens with one attached hydrogen (secondary N) is 1. The smallest absolute Gasteiger partial charge is 0.243 e. The Balaban J connectivity index is 0.00000210. The molecule has 3 heterocycles. The third-order valence-corrected chi connectivity index (χ3v) is 7.38. The van der Waals surface area contributed by atoms with Crippen molar-refractivity contribution in [1.82, 2.24) is 24.5 Å². The molecule has 0 spiro atoms. The van der Waals surface area contributed by atoms with Crippen molar-refractivity contribution in [3.05, 3.63) is 36.0 Å². The van der Waals surface area contributed by atoms with Gasteiger partial charge in [0.05, 0.1) is 10.6 Å². The number of thiazole rings is 1. The number of hydrogen-bond donors (Lipinski definition) is 1. The lowest BCUT2D eigenvalue weighted by Gasteiger charge is -2.29. The molecule has 0 amide bonds. The highest BCUT2D eigenvalue weighted by molar-refractivity contribution is 8.93. The van der Waals surface area contributed by atoms with Crippen LogP contribution in [0.4, 0.5) is 0 Å². The average Bonchev–Trinajstić information content (AvgIpc) is 3.34. The second kappa shape index (κ2) is 8.17. The fraction of sp³-hybridized carbons (Fsp3) is 0.353. The summed E-state index contributed by atoms with van der Waals surface area (Å²) in [4.78, 5) is 8.96. The SMILES string of the molecule is Br.CC1CCN(S(=O)(=O)c2cccc(-c3csc(-c4ncn[nH]4)n3)c2)CC1. The summed E-state index contributed by atoms with van der Waals surface area (Å²) in [6.45, 7) is 3.33. The third kappa shape index (κ3) is 4.13. The first-order valence-corrected chi connectivity index (χ1v) is 10.8. The molecule has 0 aliphatic carbocycles. The number of benzene rings is 1. The predicted molar refractivity (Wildman–Crippen MR) is 110 cm³/mol. The van der Waals surface area contributed by atoms with E-state index >= 15 is 0 Å². The number of halogens is 1. The Morgan fingerprint density at radius 3 is 2.74 bits per heavy atom. The van der Waals surface area contributed by atoms with E-state index in [4.69, 9.17) is 0 Å². The Hall–Kier alpha value is -1.62. The number of piperidine rings is 1. The lowest BCUT2D eigenvalue weighted by molar-refractivity contribution is 0.288. The molecule has 144 valence electrons. The Kier molecular flexibility index (Phi) is 6.09. The van der Waals surface area contributed by atoms with E-state index in [1.807, 2.05) is 11.4 Å². The van der Waals surface area contributed by atoms with Crippen LogP contribution in [-0.2, 0) is 10.0 Å². The van der Waals surface area contributed by atoms with Gasteiger partial charge in [-0.3, -0.25) is 5.10 Å². The zero-order valence-electron chi connectivity index (χ0n) is 14.7. The van der Waals surface area contributed by atoms with Gasteiger partial charge in [-0.25, -0.2) is 18.4 Å². The molecule has 3 aromatic rings. The van der Waals surface area contributed by atoms with Crippen molar-refractivity contribution < 1.29 is 8.42 Å². The largest absolute Gasteiger partial charge is 0.257 e. The summed E-state index contributed by atoms with van der Waals surface area (Å²) in [5, 5.41) is 9.23. The van der Waals surface area contributed by atoms with Crippen molar-refractivity contribution in [2.75, 3.05) is 13.1 Å². The van der Waals surface area contributed by atoms with E-state index in [9.17, 15) is 8.42 Å². The minimum atomic E-state index is -3.47. The summed E-state index contributed by atoms with van der Waals surface area (Å²) in [6.07, 6.45) is 3.25. The van der Waals surface area contributed by atoms with Gasteiger partial charge in [0.2, 0.25) is 10.0 Å². The number of nitrogens with zero attached hydrogens (tertiary/aromatic N) is 4. The van der Waals surface area contributed by atoms with E-state index in [0.717, 1.165) is 29.1 Å². The molecular weight excluding hydrogens is 450 g/mol. The number of rotatable bonds is 4. The Labute approximate surface area is 172 Å². The molecule has 1 aliphatic heterocycles. The van der Waals surface area contributed by atoms with Crippen molar-refractivity contribution in [2.45, 2.75) is 24.7 Å². The fourth-order valence-corrected chi connectivity index (χ4v) is 5.30. The number of hydrogen-bond acceptors (Lipinski definition) is 6. The lowest BCUT2D eigenvalue weighted by Crippen LogP contribution is -2.37. The van der Waals surface area contributed by atoms with Crippen LogP contribution in [0, 0.1) is 5.92 Å². The second-order valence-corrected chi connectivity index (χ2v) is 9.28. The molecule has 10 heteroatoms. The summed E-state index contributed by atoms with van der Waals surface area (Å²) < 4.78 is 27.5. The standard InChI is InChI=1S/C17H19N5O2S2.BrH/c1-12-5-7-22(8-6-12)26(23,24)14-4-2-3-13(9-14)15-10-25-17(20-15)16-18-11-19-21-16;/h2-4,9-12H,5-8H2,1H3,(H,18,19,21);1H. The summed E-state index contributed by atoms with van der Waals surface area (Å²) in [5.41, 5.74) is 1.50. The molecule has 1 N–H and O–H groups in total. The van der Waals surface area contributed by atoms with Crippen LogP contribution >= 0.6 is 28.3 Å². The van der Waals surface area contributed by atoms with Crippen LogP contribution in [0.5, 0.6) is 0 Å². The maximum absolute atomic E-state index is 13.0. The molecule has 0 unspecified atom stereocenters. The van der Waals surface area contributed by atoms with E-state index in [-0.39, 0.29) is 17.0 Å². The molecule has 1 fully saturated rings. The monoisotopic (exact) mass is 469 g/mol. The highest BCUT2D eigenvalue weighted by Crippen LogP contribution is 2.29. The molecule has 1 saturated heterocycles. The van der Waals surface area contributed by atoms with Crippen LogP contribution in [0.25, 0.3) is 22.1 Å². The molecular formula is C17H20BrN5O2S2. The van der Waals surface area contributed by atoms with Crippen molar-refractivity contribution in [2.24, 2.45) is 5.92 Å². The number of aromatic nitrogens is 4. The van der Waals surface area contributed by atoms with Crippen LogP contribution in [0.2, 0.25) is 0 Å². The van der Waals surface area contributed by atoms with Crippen LogP contribution in [0.1, 0.15) is 19.8 Å². The summed E-state index contributed by atoms with van der Waals surface area (Å²) >= 11 is 1.44. The molecule has 4 rings (SSSR count). The minimum absolute atomic E-state index is 0. The van der Waals surface area contributed by atoms with E-state index < -0.39 is 10.0 Å². The number of H-pyrrole nitrogens is 1. The van der Waals surface area contributed by atoms with Gasteiger partial charge >= 0.3 is 0 Å². The molecule has 0 radical (unpaired) electrons. The van der Waals surface area contributed by atoms with Gasteiger partial charge in [0, 0.05) is 24.0 Å². The first-order valence-electron chi connectivity index (χ1n) is 8.46. The lowest BCUT2D eigenvalue weighted by atomic mass is 10.0. The molecule has 0 saturated carbocycles. The van der Waals surface area contributed by atoms with Crippen LogP contribution in [0.3, 0.4) is 0 Å². The van der Waals surface area contributed by atoms with Gasteiger partial charge in [-0.05, 0) is 30.9 Å². The van der Waals surface area contributed by atoms with Gasteiger partial charge in [0.15, 0.2) is 10.8 Å². The molecule has 0 atom stereocenters. The van der Waals surface area contributed by atoms with E-state index in [2.05, 4.69) is 27.1 Å². The third-order valence-electron chi connectivity index (χ3n) is 4.63. The molecule has 1 aromatic carbocycles. The molecule has 1 aliphatic rings. The van der Waals surface area contributed by atoms with Gasteiger partial charge in [0.1, 0.15) is 6.33 Å². The van der Waals surface area contributed by atoms with Crippen LogP contribution in [-0.4, -0.2) is 46.0 Å². The molecule has 27 heavy (non-hydrogen) atoms. The summed E-state index contributed by atoms with van der Waals surface area (Å²) in [5.74, 6) is 1.18. The Bertz CT molecular complexity index is 996. The van der Waals surface area contributed by atoms with E-state index in [0.29, 0.717) is 29.7 Å². The van der Waals surface area contributed by atoms with Gasteiger partial charge in [-0.15, -0.1) is 28.3 Å². The molecule has 2 aromatic heterocycles. The summed E-state index contributed by atoms with van der Waals surface area (Å²) in [6, 6.07) is 6.99. The van der Waals surface area contributed by atoms with E-state index in [1.165, 1.54) is 17.7 Å². The normalized spacial score (nSPS) is 16.2. The van der Waals surface area contributed by atoms with Gasteiger partial charge in [0.25, 0.3) is 0 Å². The first-order chi connectivity index (χ1) is 12.5. The average molecular weight is 470 g/mol. The second-order valence-electron chi connectivity index (χ2n) is 6.49. The van der Waals surface area contributed by atoms with Gasteiger partial charge in [-0.1, -0.05) is 19.1 Å². The highest BCUT2D eigenvalue weighted by atomic mass is 79.9. The number of sulfonamides is 1. The van der Waals surface area contributed by atoms with Gasteiger partial charge in [-0.2, -0.15) is 9.40 Å². The summed E-state index contributed by atoms with van der Waals surface area (Å²) in [7, 11) is -3.47. The highest BCUT2D eigenvalue weighted by Gasteiger charge is 2.28. The quantitative estimate of drug-likeness (QED) is 0.629. The minimum Gasteiger partial charge on any atom is -0.257 e. The first kappa shape index (κ1) is 20.1. The maximum atomic E-state index is 13.0. The fourth-order valence-electron chi connectivity index (χ4n) is 3.01. The van der Waals surface area contributed by atoms with Crippen molar-refractivity contribution in [3.8, 4) is 22.1 Å². The number of aromatic amines is 1. The topological polar surface area (TPSA) is 91.8 Å². The zero-order chi connectivity index (χ0) is 18.1. The van der Waals surface area contributed by atoms with Crippen LogP contribution in [0.15, 0.2) is 40.9 Å². The Morgan fingerprint density at radius 2 is 2.04 bits per heavy atom. The molecule has 7 nitrogen and oxygen atoms in total. The van der Waals surface area contributed by atoms with Crippen molar-refractivity contribution in [3.63, 3.8) is 0 Å². The maximum Gasteiger partial charge on any atom is 0.243 e. The van der Waals surface area contributed by atoms with Crippen molar-refractivity contribution in [1.29, 1.82) is 0 Å². The zero-order valence-corrected chi connectivity index (χ0v) is 18.0. The van der Waals surface area contributed by atoms with E-state index in [1.54, 1.807) is 22.5 Å².